The van der Waals surface area contributed by atoms with E-state index in [0.717, 1.165) is 38.5 Å². The fourth-order valence-electron chi connectivity index (χ4n) is 10.6. The summed E-state index contributed by atoms with van der Waals surface area (Å²) in [6, 6.07) is 4.36. The monoisotopic (exact) mass is 937 g/mol. The van der Waals surface area contributed by atoms with Gasteiger partial charge in [-0.25, -0.2) is 9.59 Å². The molecule has 17 nitrogen and oxygen atoms in total. The Hall–Kier alpha value is -4.42. The summed E-state index contributed by atoms with van der Waals surface area (Å²) in [7, 11) is 0. The Balaban J connectivity index is 1.16. The van der Waals surface area contributed by atoms with Crippen molar-refractivity contribution in [2.45, 2.75) is 199 Å². The predicted molar refractivity (Wildman–Crippen MR) is 241 cm³/mol. The van der Waals surface area contributed by atoms with Gasteiger partial charge >= 0.3 is 23.9 Å². The van der Waals surface area contributed by atoms with E-state index in [1.165, 1.54) is 11.1 Å². The van der Waals surface area contributed by atoms with Crippen molar-refractivity contribution >= 4 is 41.8 Å². The van der Waals surface area contributed by atoms with Crippen LogP contribution in [0.1, 0.15) is 143 Å². The minimum absolute atomic E-state index is 0.0229. The number of aliphatic hydroxyl groups excluding tert-OH is 1. The smallest absolute Gasteiger partial charge is 0.348 e. The third kappa shape index (κ3) is 10.9. The van der Waals surface area contributed by atoms with Crippen molar-refractivity contribution in [1.29, 1.82) is 0 Å². The molecule has 1 saturated carbocycles. The highest BCUT2D eigenvalue weighted by Gasteiger charge is 2.77. The first kappa shape index (κ1) is 50.5. The summed E-state index contributed by atoms with van der Waals surface area (Å²) in [5.41, 5.74) is -1.55. The highest BCUT2D eigenvalue weighted by atomic mass is 16.8. The number of carbonyl (C=O) groups is 6. The quantitative estimate of drug-likeness (QED) is 0.0744. The Labute approximate surface area is 393 Å². The van der Waals surface area contributed by atoms with Gasteiger partial charge in [0.15, 0.2) is 11.8 Å². The van der Waals surface area contributed by atoms with Gasteiger partial charge in [0.25, 0.3) is 0 Å². The molecule has 5 saturated heterocycles. The fraction of sp³-hybridized carbons (Fsp3) is 0.720. The highest BCUT2D eigenvalue weighted by Crippen LogP contribution is 2.59. The van der Waals surface area contributed by atoms with Crippen molar-refractivity contribution in [2.75, 3.05) is 19.8 Å². The van der Waals surface area contributed by atoms with Gasteiger partial charge in [-0.2, -0.15) is 5.06 Å². The summed E-state index contributed by atoms with van der Waals surface area (Å²) in [5.74, 6) is -4.24. The molecule has 2 amide bonds. The molecule has 67 heavy (non-hydrogen) atoms. The van der Waals surface area contributed by atoms with Crippen LogP contribution in [0, 0.1) is 10.8 Å². The van der Waals surface area contributed by atoms with E-state index in [1.54, 1.807) is 57.7 Å². The lowest BCUT2D eigenvalue weighted by Gasteiger charge is -2.50. The average Bonchev–Trinajstić information content (AvgIpc) is 4.05. The highest BCUT2D eigenvalue weighted by molar-refractivity contribution is 5.97. The number of aliphatic hydroxyl groups is 1. The van der Waals surface area contributed by atoms with Gasteiger partial charge in [0.2, 0.25) is 17.9 Å². The first-order valence-electron chi connectivity index (χ1n) is 24.4. The first-order valence-corrected chi connectivity index (χ1v) is 24.4. The van der Waals surface area contributed by atoms with Crippen molar-refractivity contribution in [3.8, 4) is 0 Å². The molecule has 1 aliphatic carbocycles. The lowest BCUT2D eigenvalue weighted by molar-refractivity contribution is -0.225. The number of fused-ring (bicyclic) bond motifs is 4. The molecule has 17 heteroatoms. The average molecular weight is 938 g/mol. The zero-order chi connectivity index (χ0) is 48.3. The first-order chi connectivity index (χ1) is 31.8. The number of nitrogens with one attached hydrogen (secondary N) is 1. The Morgan fingerprint density at radius 2 is 1.72 bits per heavy atom. The van der Waals surface area contributed by atoms with E-state index in [1.807, 2.05) is 12.1 Å². The number of rotatable bonds is 20. The van der Waals surface area contributed by atoms with Crippen LogP contribution in [-0.2, 0) is 68.6 Å². The lowest BCUT2D eigenvalue weighted by atomic mass is 9.62. The minimum Gasteiger partial charge on any atom is -0.462 e. The normalized spacial score (nSPS) is 29.9. The van der Waals surface area contributed by atoms with Crippen LogP contribution in [0.15, 0.2) is 30.3 Å². The van der Waals surface area contributed by atoms with E-state index >= 15 is 4.79 Å². The summed E-state index contributed by atoms with van der Waals surface area (Å²) in [5, 5.41) is 14.6. The molecule has 6 aliphatic rings. The molecule has 5 aliphatic heterocycles. The molecule has 1 aromatic rings. The molecule has 0 radical (unpaired) electrons. The summed E-state index contributed by atoms with van der Waals surface area (Å²) >= 11 is 0. The molecule has 1 aromatic carbocycles. The third-order valence-corrected chi connectivity index (χ3v) is 13.9. The van der Waals surface area contributed by atoms with Crippen LogP contribution in [0.5, 0.6) is 0 Å². The zero-order valence-corrected chi connectivity index (χ0v) is 40.3. The molecule has 0 spiro atoms. The maximum Gasteiger partial charge on any atom is 0.348 e. The molecule has 6 fully saturated rings. The van der Waals surface area contributed by atoms with Gasteiger partial charge < -0.3 is 43.7 Å². The number of likely N-dealkylation sites (tertiary alicyclic amines) is 1. The Morgan fingerprint density at radius 3 is 2.37 bits per heavy atom. The van der Waals surface area contributed by atoms with Crippen molar-refractivity contribution in [3.63, 3.8) is 0 Å². The largest absolute Gasteiger partial charge is 0.462 e. The lowest BCUT2D eigenvalue weighted by Crippen LogP contribution is -2.70. The number of hydroxylamine groups is 2. The van der Waals surface area contributed by atoms with Crippen molar-refractivity contribution in [3.05, 3.63) is 41.5 Å². The molecular formula is C50H71N3O14. The summed E-state index contributed by atoms with van der Waals surface area (Å²) in [4.78, 5) is 90.4. The van der Waals surface area contributed by atoms with Gasteiger partial charge in [-0.3, -0.25) is 24.0 Å². The fourth-order valence-corrected chi connectivity index (χ4v) is 10.6. The molecule has 0 unspecified atom stereocenters. The van der Waals surface area contributed by atoms with Crippen LogP contribution in [0.3, 0.4) is 0 Å². The van der Waals surface area contributed by atoms with Gasteiger partial charge in [-0.1, -0.05) is 77.6 Å². The predicted octanol–water partition coefficient (Wildman–Crippen LogP) is 5.23. The third-order valence-electron chi connectivity index (χ3n) is 13.9. The van der Waals surface area contributed by atoms with E-state index in [-0.39, 0.29) is 39.0 Å². The van der Waals surface area contributed by atoms with E-state index < -0.39 is 113 Å². The molecule has 5 heterocycles. The number of hydrogen-bond acceptors (Lipinski definition) is 15. The van der Waals surface area contributed by atoms with Gasteiger partial charge in [0.05, 0.1) is 19.2 Å². The number of hydrogen-bond donors (Lipinski definition) is 2. The van der Waals surface area contributed by atoms with Crippen molar-refractivity contribution in [1.82, 2.24) is 15.3 Å². The second kappa shape index (κ2) is 20.7. The molecule has 0 aromatic heterocycles. The van der Waals surface area contributed by atoms with Crippen LogP contribution in [0.2, 0.25) is 0 Å². The summed E-state index contributed by atoms with van der Waals surface area (Å²) in [6.07, 6.45) is 6.53. The van der Waals surface area contributed by atoms with Gasteiger partial charge in [-0.15, -0.1) is 0 Å². The van der Waals surface area contributed by atoms with E-state index in [4.69, 9.17) is 33.3 Å². The van der Waals surface area contributed by atoms with Crippen LogP contribution >= 0.6 is 0 Å². The minimum atomic E-state index is -1.53. The molecule has 2 bridgehead atoms. The Morgan fingerprint density at radius 1 is 1.00 bits per heavy atom. The summed E-state index contributed by atoms with van der Waals surface area (Å²) < 4.78 is 36.3. The summed E-state index contributed by atoms with van der Waals surface area (Å²) in [6.45, 7) is 13.2. The molecule has 9 atom stereocenters. The maximum absolute atomic E-state index is 15.7. The second-order valence-electron chi connectivity index (χ2n) is 20.9. The number of nitrogens with zero attached hydrogens (tertiary/aromatic N) is 2. The van der Waals surface area contributed by atoms with Gasteiger partial charge in [0, 0.05) is 43.7 Å². The van der Waals surface area contributed by atoms with Crippen molar-refractivity contribution < 1.29 is 67.1 Å². The number of amides is 2. The van der Waals surface area contributed by atoms with E-state index in [0.29, 0.717) is 36.8 Å². The standard InChI is InChI=1S/C50H71N3O14/c1-8-10-12-23-49(24-13-11-9-2)65-38-35-27-50(46(60)52-25-15-18-34(52)43(57)51-33(29-54)20-22-37(56)64-47(3,4)5)40(44(58)62-35)53(67-41(50)39(38)66-49)28-32-17-14-16-31(26-32)19-21-36(55)63-42-45(59)61-30-48(42,6)7/h14,16-17,19,21,26,33-35,38-42,54H,8-13,15,18,20,22-25,27-30H2,1-7H3,(H,51,57)/t33-,34+,35+,38-,39-,40-,41+,42-,50-/m0/s1. The molecule has 7 rings (SSSR count). The maximum atomic E-state index is 15.7. The number of carbonyl (C=O) groups excluding carboxylic acids is 6. The second-order valence-corrected chi connectivity index (χ2v) is 20.9. The Kier molecular flexibility index (Phi) is 15.6. The van der Waals surface area contributed by atoms with Crippen LogP contribution in [-0.4, -0.2) is 131 Å². The van der Waals surface area contributed by atoms with Gasteiger partial charge in [-0.05, 0) is 70.1 Å². The molecule has 2 N–H and O–H groups in total. The van der Waals surface area contributed by atoms with Gasteiger partial charge in [0.1, 0.15) is 48.1 Å². The van der Waals surface area contributed by atoms with Crippen LogP contribution < -0.4 is 5.32 Å². The van der Waals surface area contributed by atoms with E-state index in [2.05, 4.69) is 19.2 Å². The number of esters is 4. The number of cyclic esters (lactones) is 1. The Bertz CT molecular complexity index is 2020. The van der Waals surface area contributed by atoms with Crippen LogP contribution in [0.25, 0.3) is 6.08 Å². The topological polar surface area (TPSA) is 206 Å². The number of unbranched alkanes of at least 4 members (excludes halogenated alkanes) is 4. The number of ether oxygens (including phenoxy) is 6. The van der Waals surface area contributed by atoms with E-state index in [9.17, 15) is 29.1 Å². The number of benzene rings is 1. The van der Waals surface area contributed by atoms with Crippen LogP contribution in [0.4, 0.5) is 0 Å². The van der Waals surface area contributed by atoms with Crippen molar-refractivity contribution in [2.24, 2.45) is 10.8 Å². The molecular weight excluding hydrogens is 867 g/mol. The zero-order valence-electron chi connectivity index (χ0n) is 40.3. The molecule has 370 valence electrons. The SMILES string of the molecule is CCCCCC1(CCCCC)O[C@@H]2[C@H](O1)[C@H]1ON(Cc3cccc(C=CC(=O)O[C@H]4C(=O)OCC4(C)C)c3)[C@H]3C(=O)O[C@@H]2C[C@@]13C(=O)N1CCC[C@@H]1C(=O)N[C@H](CO)CCC(=O)OC(C)(C)C.